The molecule has 4 rings (SSSR count). The molecule has 7 heteroatoms. The van der Waals surface area contributed by atoms with Gasteiger partial charge in [0.25, 0.3) is 5.91 Å². The van der Waals surface area contributed by atoms with E-state index in [9.17, 15) is 14.0 Å². The van der Waals surface area contributed by atoms with Gasteiger partial charge in [0.1, 0.15) is 5.82 Å². The number of benzene rings is 2. The quantitative estimate of drug-likeness (QED) is 0.661. The van der Waals surface area contributed by atoms with Gasteiger partial charge in [-0.25, -0.2) is 4.39 Å². The highest BCUT2D eigenvalue weighted by atomic mass is 35.5. The first-order valence-corrected chi connectivity index (χ1v) is 10.2. The number of carbonyl (C=O) groups excluding carboxylic acids is 2. The normalized spacial score (nSPS) is 25.0. The van der Waals surface area contributed by atoms with Crippen molar-refractivity contribution >= 4 is 35.6 Å². The Hall–Kier alpha value is -2.44. The van der Waals surface area contributed by atoms with Crippen LogP contribution in [0.2, 0.25) is 0 Å². The molecule has 4 N–H and O–H groups in total. The van der Waals surface area contributed by atoms with Crippen LogP contribution in [0.1, 0.15) is 42.5 Å². The van der Waals surface area contributed by atoms with E-state index in [0.29, 0.717) is 28.8 Å². The molecule has 0 aliphatic heterocycles. The van der Waals surface area contributed by atoms with Crippen molar-refractivity contribution in [3.63, 3.8) is 0 Å². The summed E-state index contributed by atoms with van der Waals surface area (Å²) in [5.74, 6) is 0.0558. The number of nitrogens with two attached hydrogens (primary N) is 1. The van der Waals surface area contributed by atoms with Gasteiger partial charge in [0.15, 0.2) is 0 Å². The zero-order valence-corrected chi connectivity index (χ0v) is 17.5. The SMILES string of the molecule is Cl.NC1C2CCCC1CC(C(=O)Nc1cccc(C(=O)Nc3cccc(F)c3)c1)C2. The van der Waals surface area contributed by atoms with Gasteiger partial charge in [-0.05, 0) is 73.9 Å². The van der Waals surface area contributed by atoms with Gasteiger partial charge in [-0.3, -0.25) is 9.59 Å². The van der Waals surface area contributed by atoms with E-state index in [2.05, 4.69) is 10.6 Å². The number of hydrogen-bond donors (Lipinski definition) is 3. The van der Waals surface area contributed by atoms with Crippen molar-refractivity contribution in [1.82, 2.24) is 0 Å². The fraction of sp³-hybridized carbons (Fsp3) is 0.391. The smallest absolute Gasteiger partial charge is 0.255 e. The Balaban J connectivity index is 0.00000256. The van der Waals surface area contributed by atoms with E-state index in [0.717, 1.165) is 25.7 Å². The molecule has 2 amide bonds. The van der Waals surface area contributed by atoms with Gasteiger partial charge in [0, 0.05) is 28.9 Å². The summed E-state index contributed by atoms with van der Waals surface area (Å²) in [6, 6.07) is 12.8. The van der Waals surface area contributed by atoms with Crippen LogP contribution in [0.5, 0.6) is 0 Å². The minimum Gasteiger partial charge on any atom is -0.327 e. The minimum atomic E-state index is -0.416. The third kappa shape index (κ3) is 4.99. The van der Waals surface area contributed by atoms with Gasteiger partial charge in [-0.1, -0.05) is 18.6 Å². The first-order chi connectivity index (χ1) is 14.0. The number of hydrogen-bond acceptors (Lipinski definition) is 3. The molecule has 2 fully saturated rings. The number of carbonyl (C=O) groups is 2. The highest BCUT2D eigenvalue weighted by Crippen LogP contribution is 2.42. The lowest BCUT2D eigenvalue weighted by Crippen LogP contribution is -2.48. The third-order valence-corrected chi connectivity index (χ3v) is 6.26. The minimum absolute atomic E-state index is 0. The molecule has 0 aromatic heterocycles. The number of nitrogens with one attached hydrogen (secondary N) is 2. The first kappa shape index (κ1) is 22.2. The van der Waals surface area contributed by atoms with Crippen LogP contribution in [0.25, 0.3) is 0 Å². The first-order valence-electron chi connectivity index (χ1n) is 10.2. The molecular formula is C23H27ClFN3O2. The maximum absolute atomic E-state index is 13.3. The van der Waals surface area contributed by atoms with Crippen LogP contribution >= 0.6 is 12.4 Å². The molecule has 2 aromatic carbocycles. The van der Waals surface area contributed by atoms with Crippen molar-refractivity contribution < 1.29 is 14.0 Å². The van der Waals surface area contributed by atoms with Crippen LogP contribution in [0.15, 0.2) is 48.5 Å². The van der Waals surface area contributed by atoms with Gasteiger partial charge >= 0.3 is 0 Å². The molecule has 2 aliphatic rings. The molecule has 2 bridgehead atoms. The number of fused-ring (bicyclic) bond motifs is 2. The molecule has 0 heterocycles. The predicted octanol–water partition coefficient (Wildman–Crippen LogP) is 4.59. The molecule has 2 saturated carbocycles. The van der Waals surface area contributed by atoms with Crippen LogP contribution < -0.4 is 16.4 Å². The lowest BCUT2D eigenvalue weighted by Gasteiger charge is -2.43. The van der Waals surface area contributed by atoms with Crippen LogP contribution in [0.3, 0.4) is 0 Å². The van der Waals surface area contributed by atoms with E-state index >= 15 is 0 Å². The summed E-state index contributed by atoms with van der Waals surface area (Å²) in [7, 11) is 0. The zero-order chi connectivity index (χ0) is 20.4. The molecule has 5 nitrogen and oxygen atoms in total. The second-order valence-electron chi connectivity index (χ2n) is 8.23. The molecule has 0 spiro atoms. The van der Waals surface area contributed by atoms with Gasteiger partial charge in [0.2, 0.25) is 5.91 Å². The van der Waals surface area contributed by atoms with E-state index < -0.39 is 5.82 Å². The maximum atomic E-state index is 13.3. The van der Waals surface area contributed by atoms with Crippen molar-refractivity contribution in [3.05, 3.63) is 59.9 Å². The Morgan fingerprint density at radius 1 is 0.933 bits per heavy atom. The summed E-state index contributed by atoms with van der Waals surface area (Å²) in [5.41, 5.74) is 7.69. The summed E-state index contributed by atoms with van der Waals surface area (Å²) >= 11 is 0. The van der Waals surface area contributed by atoms with Gasteiger partial charge in [-0.2, -0.15) is 0 Å². The van der Waals surface area contributed by atoms with Crippen LogP contribution in [-0.2, 0) is 4.79 Å². The molecule has 2 unspecified atom stereocenters. The molecule has 160 valence electrons. The highest BCUT2D eigenvalue weighted by Gasteiger charge is 2.40. The Morgan fingerprint density at radius 2 is 1.57 bits per heavy atom. The number of halogens is 2. The average molecular weight is 432 g/mol. The second kappa shape index (κ2) is 9.58. The van der Waals surface area contributed by atoms with Gasteiger partial charge in [0.05, 0.1) is 0 Å². The molecular weight excluding hydrogens is 405 g/mol. The summed E-state index contributed by atoms with van der Waals surface area (Å²) in [5, 5.41) is 5.63. The van der Waals surface area contributed by atoms with Crippen molar-refractivity contribution in [3.8, 4) is 0 Å². The second-order valence-corrected chi connectivity index (χ2v) is 8.23. The topological polar surface area (TPSA) is 84.2 Å². The molecule has 0 radical (unpaired) electrons. The van der Waals surface area contributed by atoms with Crippen molar-refractivity contribution in [1.29, 1.82) is 0 Å². The summed E-state index contributed by atoms with van der Waals surface area (Å²) in [6.45, 7) is 0. The summed E-state index contributed by atoms with van der Waals surface area (Å²) in [4.78, 5) is 25.3. The molecule has 2 aliphatic carbocycles. The van der Waals surface area contributed by atoms with Crippen LogP contribution in [0.4, 0.5) is 15.8 Å². The molecule has 2 aromatic rings. The summed E-state index contributed by atoms with van der Waals surface area (Å²) in [6.07, 6.45) is 5.10. The molecule has 0 saturated heterocycles. The van der Waals surface area contributed by atoms with E-state index in [-0.39, 0.29) is 36.2 Å². The fourth-order valence-corrected chi connectivity index (χ4v) is 4.76. The zero-order valence-electron chi connectivity index (χ0n) is 16.6. The van der Waals surface area contributed by atoms with E-state index in [1.165, 1.54) is 24.6 Å². The average Bonchev–Trinajstić information content (AvgIpc) is 2.68. The molecule has 2 atom stereocenters. The van der Waals surface area contributed by atoms with Gasteiger partial charge < -0.3 is 16.4 Å². The van der Waals surface area contributed by atoms with E-state index in [1.54, 1.807) is 30.3 Å². The monoisotopic (exact) mass is 431 g/mol. The standard InChI is InChI=1S/C23H26FN3O2.ClH/c24-18-7-3-9-20(13-18)27-22(28)16-6-2-8-19(12-16)26-23(29)17-10-14-4-1-5-15(11-17)21(14)25;/h2-3,6-9,12-15,17,21H,1,4-5,10-11,25H2,(H,26,29)(H,27,28);1H. The van der Waals surface area contributed by atoms with Crippen LogP contribution in [-0.4, -0.2) is 17.9 Å². The number of rotatable bonds is 4. The van der Waals surface area contributed by atoms with Gasteiger partial charge in [-0.15, -0.1) is 12.4 Å². The van der Waals surface area contributed by atoms with Crippen molar-refractivity contribution in [2.24, 2.45) is 23.5 Å². The predicted molar refractivity (Wildman–Crippen MR) is 118 cm³/mol. The Labute approximate surface area is 182 Å². The lowest BCUT2D eigenvalue weighted by molar-refractivity contribution is -0.122. The lowest BCUT2D eigenvalue weighted by atomic mass is 9.65. The van der Waals surface area contributed by atoms with Crippen LogP contribution in [0, 0.1) is 23.6 Å². The fourth-order valence-electron chi connectivity index (χ4n) is 4.76. The largest absolute Gasteiger partial charge is 0.327 e. The Bertz CT molecular complexity index is 909. The number of amides is 2. The Kier molecular flexibility index (Phi) is 7.10. The third-order valence-electron chi connectivity index (χ3n) is 6.26. The summed E-state index contributed by atoms with van der Waals surface area (Å²) < 4.78 is 13.3. The highest BCUT2D eigenvalue weighted by molar-refractivity contribution is 6.05. The van der Waals surface area contributed by atoms with E-state index in [4.69, 9.17) is 5.73 Å². The molecule has 30 heavy (non-hydrogen) atoms. The number of anilines is 2. The van der Waals surface area contributed by atoms with Crippen molar-refractivity contribution in [2.75, 3.05) is 10.6 Å². The van der Waals surface area contributed by atoms with Crippen molar-refractivity contribution in [2.45, 2.75) is 38.1 Å². The maximum Gasteiger partial charge on any atom is 0.255 e. The van der Waals surface area contributed by atoms with E-state index in [1.807, 2.05) is 0 Å². The Morgan fingerprint density at radius 3 is 2.23 bits per heavy atom.